The van der Waals surface area contributed by atoms with Crippen molar-refractivity contribution in [1.82, 2.24) is 9.62 Å². The van der Waals surface area contributed by atoms with Gasteiger partial charge in [0, 0.05) is 19.0 Å². The molecule has 0 bridgehead atoms. The number of carbonyl (C=O) groups is 1. The van der Waals surface area contributed by atoms with Crippen LogP contribution < -0.4 is 5.32 Å². The van der Waals surface area contributed by atoms with Crippen LogP contribution in [0.3, 0.4) is 0 Å². The first kappa shape index (κ1) is 17.0. The van der Waals surface area contributed by atoms with E-state index in [0.717, 1.165) is 6.42 Å². The molecule has 0 saturated carbocycles. The fourth-order valence-corrected chi connectivity index (χ4v) is 4.26. The van der Waals surface area contributed by atoms with Gasteiger partial charge in [0.1, 0.15) is 5.76 Å². The number of carbonyl (C=O) groups excluding carboxylic acids is 1. The molecule has 1 aromatic rings. The van der Waals surface area contributed by atoms with Crippen LogP contribution in [0, 0.1) is 5.92 Å². The van der Waals surface area contributed by atoms with Crippen LogP contribution in [0.25, 0.3) is 0 Å². The van der Waals surface area contributed by atoms with Gasteiger partial charge in [-0.3, -0.25) is 4.79 Å². The molecule has 0 aliphatic carbocycles. The first-order valence-corrected chi connectivity index (χ1v) is 9.41. The van der Waals surface area contributed by atoms with Crippen molar-refractivity contribution in [2.24, 2.45) is 5.92 Å². The average molecular weight is 328 g/mol. The first-order valence-electron chi connectivity index (χ1n) is 7.81. The third kappa shape index (κ3) is 4.58. The van der Waals surface area contributed by atoms with Crippen molar-refractivity contribution in [2.75, 3.05) is 18.8 Å². The zero-order valence-electron chi connectivity index (χ0n) is 13.0. The molecule has 1 fully saturated rings. The summed E-state index contributed by atoms with van der Waals surface area (Å²) in [6.45, 7) is 3.22. The van der Waals surface area contributed by atoms with E-state index in [-0.39, 0.29) is 17.6 Å². The topological polar surface area (TPSA) is 79.6 Å². The highest BCUT2D eigenvalue weighted by molar-refractivity contribution is 7.89. The van der Waals surface area contributed by atoms with Crippen LogP contribution in [-0.4, -0.2) is 37.5 Å². The fourth-order valence-electron chi connectivity index (χ4n) is 2.58. The molecule has 0 radical (unpaired) electrons. The Bertz CT molecular complexity index is 560. The lowest BCUT2D eigenvalue weighted by Crippen LogP contribution is -2.43. The van der Waals surface area contributed by atoms with Gasteiger partial charge >= 0.3 is 0 Å². The molecular weight excluding hydrogens is 304 g/mol. The summed E-state index contributed by atoms with van der Waals surface area (Å²) in [5.74, 6) is 0.779. The Labute approximate surface area is 131 Å². The number of amides is 1. The molecule has 0 unspecified atom stereocenters. The molecule has 2 heterocycles. The van der Waals surface area contributed by atoms with Crippen LogP contribution in [0.2, 0.25) is 0 Å². The summed E-state index contributed by atoms with van der Waals surface area (Å²) >= 11 is 0. The maximum atomic E-state index is 12.1. The van der Waals surface area contributed by atoms with Gasteiger partial charge in [0.25, 0.3) is 0 Å². The maximum Gasteiger partial charge on any atom is 0.223 e. The maximum absolute atomic E-state index is 12.1. The first-order chi connectivity index (χ1) is 10.5. The number of furan rings is 1. The molecule has 1 N–H and O–H groups in total. The van der Waals surface area contributed by atoms with Crippen molar-refractivity contribution >= 4 is 15.9 Å². The van der Waals surface area contributed by atoms with E-state index in [9.17, 15) is 13.2 Å². The van der Waals surface area contributed by atoms with E-state index < -0.39 is 10.0 Å². The van der Waals surface area contributed by atoms with Gasteiger partial charge in [-0.1, -0.05) is 13.3 Å². The van der Waals surface area contributed by atoms with Crippen LogP contribution in [0.1, 0.15) is 38.4 Å². The second-order valence-corrected chi connectivity index (χ2v) is 7.73. The van der Waals surface area contributed by atoms with E-state index in [1.54, 1.807) is 12.3 Å². The predicted octanol–water partition coefficient (Wildman–Crippen LogP) is 1.74. The van der Waals surface area contributed by atoms with Crippen molar-refractivity contribution in [3.63, 3.8) is 0 Å². The summed E-state index contributed by atoms with van der Waals surface area (Å²) in [5.41, 5.74) is 0. The number of nitrogens with one attached hydrogen (secondary N) is 1. The Hall–Kier alpha value is -1.34. The molecule has 7 heteroatoms. The van der Waals surface area contributed by atoms with Crippen LogP contribution in [-0.2, 0) is 21.4 Å². The molecule has 124 valence electrons. The Balaban J connectivity index is 1.77. The summed E-state index contributed by atoms with van der Waals surface area (Å²) in [5, 5.41) is 2.84. The molecule has 1 aromatic heterocycles. The summed E-state index contributed by atoms with van der Waals surface area (Å²) in [7, 11) is -3.16. The molecule has 6 nitrogen and oxygen atoms in total. The Morgan fingerprint density at radius 3 is 2.73 bits per heavy atom. The number of hydrogen-bond acceptors (Lipinski definition) is 4. The molecule has 2 rings (SSSR count). The lowest BCUT2D eigenvalue weighted by molar-refractivity contribution is -0.126. The zero-order valence-corrected chi connectivity index (χ0v) is 13.8. The molecule has 22 heavy (non-hydrogen) atoms. The quantitative estimate of drug-likeness (QED) is 0.827. The highest BCUT2D eigenvalue weighted by Crippen LogP contribution is 2.20. The minimum absolute atomic E-state index is 0.0259. The largest absolute Gasteiger partial charge is 0.467 e. The van der Waals surface area contributed by atoms with Crippen molar-refractivity contribution < 1.29 is 17.6 Å². The smallest absolute Gasteiger partial charge is 0.223 e. The van der Waals surface area contributed by atoms with Crippen LogP contribution in [0.15, 0.2) is 22.8 Å². The van der Waals surface area contributed by atoms with Gasteiger partial charge in [0.05, 0.1) is 18.6 Å². The fraction of sp³-hybridized carbons (Fsp3) is 0.667. The van der Waals surface area contributed by atoms with E-state index in [4.69, 9.17) is 4.42 Å². The predicted molar refractivity (Wildman–Crippen MR) is 83.5 cm³/mol. The molecule has 0 aromatic carbocycles. The number of nitrogens with zero attached hydrogens (tertiary/aromatic N) is 1. The van der Waals surface area contributed by atoms with Gasteiger partial charge in [0.15, 0.2) is 0 Å². The molecule has 1 aliphatic heterocycles. The van der Waals surface area contributed by atoms with Crippen LogP contribution >= 0.6 is 0 Å². The van der Waals surface area contributed by atoms with E-state index in [1.807, 2.05) is 13.0 Å². The van der Waals surface area contributed by atoms with Crippen molar-refractivity contribution in [3.8, 4) is 0 Å². The average Bonchev–Trinajstić information content (AvgIpc) is 3.04. The molecule has 0 atom stereocenters. The monoisotopic (exact) mass is 328 g/mol. The summed E-state index contributed by atoms with van der Waals surface area (Å²) in [6, 6.07) is 3.59. The zero-order chi connectivity index (χ0) is 16.0. The Morgan fingerprint density at radius 2 is 2.14 bits per heavy atom. The van der Waals surface area contributed by atoms with E-state index in [0.29, 0.717) is 44.7 Å². The molecule has 0 spiro atoms. The molecule has 1 aliphatic rings. The van der Waals surface area contributed by atoms with Crippen molar-refractivity contribution in [3.05, 3.63) is 24.2 Å². The summed E-state index contributed by atoms with van der Waals surface area (Å²) in [4.78, 5) is 12.1. The van der Waals surface area contributed by atoms with E-state index in [1.165, 1.54) is 4.31 Å². The van der Waals surface area contributed by atoms with Crippen molar-refractivity contribution in [2.45, 2.75) is 39.2 Å². The van der Waals surface area contributed by atoms with Crippen LogP contribution in [0.5, 0.6) is 0 Å². The molecule has 1 amide bonds. The molecule has 1 saturated heterocycles. The van der Waals surface area contributed by atoms with Gasteiger partial charge in [-0.25, -0.2) is 12.7 Å². The Morgan fingerprint density at radius 1 is 1.41 bits per heavy atom. The minimum Gasteiger partial charge on any atom is -0.467 e. The number of rotatable bonds is 7. The SMILES string of the molecule is CCCCS(=O)(=O)N1CCC(C(=O)NCc2ccco2)CC1. The van der Waals surface area contributed by atoms with Crippen LogP contribution in [0.4, 0.5) is 0 Å². The second kappa shape index (κ2) is 7.78. The van der Waals surface area contributed by atoms with Crippen molar-refractivity contribution in [1.29, 1.82) is 0 Å². The third-order valence-corrected chi connectivity index (χ3v) is 5.95. The van der Waals surface area contributed by atoms with Gasteiger partial charge in [-0.2, -0.15) is 0 Å². The number of unbranched alkanes of at least 4 members (excludes halogenated alkanes) is 1. The highest BCUT2D eigenvalue weighted by Gasteiger charge is 2.30. The number of hydrogen-bond donors (Lipinski definition) is 1. The lowest BCUT2D eigenvalue weighted by atomic mass is 9.97. The second-order valence-electron chi connectivity index (χ2n) is 5.64. The number of sulfonamides is 1. The third-order valence-electron chi connectivity index (χ3n) is 3.99. The lowest BCUT2D eigenvalue weighted by Gasteiger charge is -2.30. The number of piperidine rings is 1. The Kier molecular flexibility index (Phi) is 6.02. The minimum atomic E-state index is -3.16. The summed E-state index contributed by atoms with van der Waals surface area (Å²) in [6.07, 6.45) is 4.28. The molecular formula is C15H24N2O4S. The van der Waals surface area contributed by atoms with Gasteiger partial charge in [-0.05, 0) is 31.4 Å². The van der Waals surface area contributed by atoms with Gasteiger partial charge in [-0.15, -0.1) is 0 Å². The van der Waals surface area contributed by atoms with E-state index >= 15 is 0 Å². The van der Waals surface area contributed by atoms with E-state index in [2.05, 4.69) is 5.32 Å². The normalized spacial score (nSPS) is 17.5. The van der Waals surface area contributed by atoms with Gasteiger partial charge in [0.2, 0.25) is 15.9 Å². The standard InChI is InChI=1S/C15H24N2O4S/c1-2-3-11-22(19,20)17-8-6-13(7-9-17)15(18)16-12-14-5-4-10-21-14/h4-5,10,13H,2-3,6-9,11-12H2,1H3,(H,16,18). The van der Waals surface area contributed by atoms with Gasteiger partial charge < -0.3 is 9.73 Å². The summed E-state index contributed by atoms with van der Waals surface area (Å²) < 4.78 is 30.9. The highest BCUT2D eigenvalue weighted by atomic mass is 32.2.